The molecule has 0 atom stereocenters. The van der Waals surface area contributed by atoms with Crippen molar-refractivity contribution in [2.24, 2.45) is 7.05 Å². The first-order valence-corrected chi connectivity index (χ1v) is 5.29. The van der Waals surface area contributed by atoms with Gasteiger partial charge in [-0.05, 0) is 6.42 Å². The molecule has 1 aromatic rings. The number of nitrogens with zero attached hydrogens (tertiary/aromatic N) is 3. The van der Waals surface area contributed by atoms with Gasteiger partial charge in [0.25, 0.3) is 5.92 Å². The number of aryl methyl sites for hydroxylation is 2. The maximum absolute atomic E-state index is 13.7. The Bertz CT molecular complexity index is 320. The molecule has 0 aliphatic rings. The van der Waals surface area contributed by atoms with Gasteiger partial charge in [0, 0.05) is 13.5 Å². The fourth-order valence-electron chi connectivity index (χ4n) is 1.69. The van der Waals surface area contributed by atoms with Crippen LogP contribution in [0.1, 0.15) is 44.5 Å². The average Bonchev–Trinajstić information content (AvgIpc) is 2.48. The van der Waals surface area contributed by atoms with Crippen molar-refractivity contribution < 1.29 is 8.78 Å². The van der Waals surface area contributed by atoms with Crippen molar-refractivity contribution >= 4 is 0 Å². The van der Waals surface area contributed by atoms with Gasteiger partial charge in [0.15, 0.2) is 0 Å². The maximum atomic E-state index is 13.7. The van der Waals surface area contributed by atoms with Crippen molar-refractivity contribution in [2.45, 2.75) is 45.5 Å². The van der Waals surface area contributed by atoms with Gasteiger partial charge in [-0.2, -0.15) is 8.78 Å². The standard InChI is InChI=1S/C10H17F2N3/c1-4-6-8-9(15(3)14-13-8)10(11,12)7-5-2/h4-7H2,1-3H3. The van der Waals surface area contributed by atoms with Gasteiger partial charge in [0.05, 0.1) is 5.69 Å². The molecule has 0 N–H and O–H groups in total. The Morgan fingerprint density at radius 1 is 1.27 bits per heavy atom. The lowest BCUT2D eigenvalue weighted by molar-refractivity contribution is -0.0228. The van der Waals surface area contributed by atoms with Crippen LogP contribution >= 0.6 is 0 Å². The molecular weight excluding hydrogens is 200 g/mol. The Kier molecular flexibility index (Phi) is 3.77. The minimum atomic E-state index is -2.81. The highest BCUT2D eigenvalue weighted by atomic mass is 19.3. The van der Waals surface area contributed by atoms with E-state index in [0.717, 1.165) is 6.42 Å². The molecule has 0 unspecified atom stereocenters. The molecule has 0 amide bonds. The lowest BCUT2D eigenvalue weighted by Crippen LogP contribution is -2.19. The zero-order chi connectivity index (χ0) is 11.5. The average molecular weight is 217 g/mol. The number of hydrogen-bond acceptors (Lipinski definition) is 2. The highest BCUT2D eigenvalue weighted by molar-refractivity contribution is 5.16. The number of alkyl halides is 2. The van der Waals surface area contributed by atoms with E-state index in [0.29, 0.717) is 18.5 Å². The van der Waals surface area contributed by atoms with Crippen LogP contribution in [0.5, 0.6) is 0 Å². The summed E-state index contributed by atoms with van der Waals surface area (Å²) in [6, 6.07) is 0. The highest BCUT2D eigenvalue weighted by Gasteiger charge is 2.36. The summed E-state index contributed by atoms with van der Waals surface area (Å²) in [5.41, 5.74) is 0.407. The van der Waals surface area contributed by atoms with Crippen molar-refractivity contribution in [1.82, 2.24) is 15.0 Å². The van der Waals surface area contributed by atoms with Crippen LogP contribution in [0.25, 0.3) is 0 Å². The molecule has 5 heteroatoms. The topological polar surface area (TPSA) is 30.7 Å². The molecule has 15 heavy (non-hydrogen) atoms. The molecule has 0 radical (unpaired) electrons. The van der Waals surface area contributed by atoms with Crippen molar-refractivity contribution in [1.29, 1.82) is 0 Å². The predicted molar refractivity (Wildman–Crippen MR) is 53.8 cm³/mol. The van der Waals surface area contributed by atoms with Crippen molar-refractivity contribution in [2.75, 3.05) is 0 Å². The summed E-state index contributed by atoms with van der Waals surface area (Å²) in [7, 11) is 1.52. The van der Waals surface area contributed by atoms with Crippen LogP contribution in [0.4, 0.5) is 8.78 Å². The van der Waals surface area contributed by atoms with Crippen LogP contribution in [0.3, 0.4) is 0 Å². The van der Waals surface area contributed by atoms with Gasteiger partial charge in [-0.25, -0.2) is 4.68 Å². The second kappa shape index (κ2) is 4.68. The van der Waals surface area contributed by atoms with Gasteiger partial charge in [-0.15, -0.1) is 5.10 Å². The molecule has 86 valence electrons. The SMILES string of the molecule is CCCc1nnn(C)c1C(F)(F)CCC. The van der Waals surface area contributed by atoms with Crippen LogP contribution in [0.15, 0.2) is 0 Å². The highest BCUT2D eigenvalue weighted by Crippen LogP contribution is 2.34. The Balaban J connectivity index is 3.04. The van der Waals surface area contributed by atoms with Crippen LogP contribution in [-0.4, -0.2) is 15.0 Å². The third-order valence-corrected chi connectivity index (χ3v) is 2.29. The van der Waals surface area contributed by atoms with E-state index in [1.807, 2.05) is 6.92 Å². The van der Waals surface area contributed by atoms with Crippen molar-refractivity contribution in [3.63, 3.8) is 0 Å². The minimum absolute atomic E-state index is 0.0220. The molecule has 0 aliphatic heterocycles. The number of aromatic nitrogens is 3. The maximum Gasteiger partial charge on any atom is 0.291 e. The summed E-state index contributed by atoms with van der Waals surface area (Å²) in [6.07, 6.45) is 1.66. The summed E-state index contributed by atoms with van der Waals surface area (Å²) in [6.45, 7) is 3.69. The summed E-state index contributed by atoms with van der Waals surface area (Å²) >= 11 is 0. The Labute approximate surface area is 88.5 Å². The molecular formula is C10H17F2N3. The van der Waals surface area contributed by atoms with E-state index in [1.165, 1.54) is 11.7 Å². The third kappa shape index (κ3) is 2.52. The first-order valence-electron chi connectivity index (χ1n) is 5.29. The Hall–Kier alpha value is -1.00. The quantitative estimate of drug-likeness (QED) is 0.759. The Morgan fingerprint density at radius 3 is 2.47 bits per heavy atom. The monoisotopic (exact) mass is 217 g/mol. The van der Waals surface area contributed by atoms with E-state index in [-0.39, 0.29) is 12.1 Å². The molecule has 0 bridgehead atoms. The zero-order valence-corrected chi connectivity index (χ0v) is 9.43. The van der Waals surface area contributed by atoms with Gasteiger partial charge in [0.1, 0.15) is 5.69 Å². The van der Waals surface area contributed by atoms with E-state index >= 15 is 0 Å². The van der Waals surface area contributed by atoms with Gasteiger partial charge >= 0.3 is 0 Å². The first kappa shape index (κ1) is 12.1. The zero-order valence-electron chi connectivity index (χ0n) is 9.43. The largest absolute Gasteiger partial charge is 0.291 e. The minimum Gasteiger partial charge on any atom is -0.246 e. The van der Waals surface area contributed by atoms with E-state index in [4.69, 9.17) is 0 Å². The van der Waals surface area contributed by atoms with E-state index in [9.17, 15) is 8.78 Å². The Morgan fingerprint density at radius 2 is 1.93 bits per heavy atom. The fraction of sp³-hybridized carbons (Fsp3) is 0.800. The summed E-state index contributed by atoms with van der Waals surface area (Å²) in [5.74, 6) is -2.81. The fourth-order valence-corrected chi connectivity index (χ4v) is 1.69. The molecule has 0 aliphatic carbocycles. The van der Waals surface area contributed by atoms with Gasteiger partial charge in [-0.1, -0.05) is 31.9 Å². The smallest absolute Gasteiger partial charge is 0.246 e. The lowest BCUT2D eigenvalue weighted by atomic mass is 10.1. The molecule has 3 nitrogen and oxygen atoms in total. The van der Waals surface area contributed by atoms with Gasteiger partial charge in [0.2, 0.25) is 0 Å². The van der Waals surface area contributed by atoms with Crippen LogP contribution in [0.2, 0.25) is 0 Å². The second-order valence-electron chi connectivity index (χ2n) is 3.71. The summed E-state index contributed by atoms with van der Waals surface area (Å²) in [5, 5.41) is 7.46. The van der Waals surface area contributed by atoms with E-state index in [2.05, 4.69) is 10.3 Å². The molecule has 0 saturated heterocycles. The molecule has 0 spiro atoms. The molecule has 0 fully saturated rings. The third-order valence-electron chi connectivity index (χ3n) is 2.29. The molecule has 1 rings (SSSR count). The predicted octanol–water partition coefficient (Wildman–Crippen LogP) is 2.66. The van der Waals surface area contributed by atoms with Gasteiger partial charge in [-0.3, -0.25) is 0 Å². The summed E-state index contributed by atoms with van der Waals surface area (Å²) < 4.78 is 28.7. The van der Waals surface area contributed by atoms with Crippen molar-refractivity contribution in [3.05, 3.63) is 11.4 Å². The number of rotatable bonds is 5. The van der Waals surface area contributed by atoms with Crippen molar-refractivity contribution in [3.8, 4) is 0 Å². The lowest BCUT2D eigenvalue weighted by Gasteiger charge is -2.16. The molecule has 1 heterocycles. The van der Waals surface area contributed by atoms with Crippen LogP contribution in [-0.2, 0) is 19.4 Å². The number of halogens is 2. The second-order valence-corrected chi connectivity index (χ2v) is 3.71. The normalized spacial score (nSPS) is 12.1. The molecule has 1 aromatic heterocycles. The first-order chi connectivity index (χ1) is 7.03. The van der Waals surface area contributed by atoms with Gasteiger partial charge < -0.3 is 0 Å². The van der Waals surface area contributed by atoms with E-state index < -0.39 is 5.92 Å². The van der Waals surface area contributed by atoms with Crippen LogP contribution in [0, 0.1) is 0 Å². The molecule has 0 saturated carbocycles. The van der Waals surface area contributed by atoms with E-state index in [1.54, 1.807) is 6.92 Å². The number of hydrogen-bond donors (Lipinski definition) is 0. The van der Waals surface area contributed by atoms with Crippen LogP contribution < -0.4 is 0 Å². The summed E-state index contributed by atoms with van der Waals surface area (Å²) in [4.78, 5) is 0. The molecule has 0 aromatic carbocycles.